The molecule has 0 bridgehead atoms. The van der Waals surface area contributed by atoms with Crippen LogP contribution < -0.4 is 4.90 Å². The molecule has 0 aliphatic rings. The zero-order valence-corrected chi connectivity index (χ0v) is 10.9. The molecule has 0 fully saturated rings. The molecule has 0 saturated carbocycles. The zero-order valence-electron chi connectivity index (χ0n) is 10.1. The number of nitrogens with zero attached hydrogens (tertiary/aromatic N) is 2. The average Bonchev–Trinajstić information content (AvgIpc) is 2.68. The van der Waals surface area contributed by atoms with Gasteiger partial charge >= 0.3 is 5.97 Å². The lowest BCUT2D eigenvalue weighted by atomic mass is 10.2. The van der Waals surface area contributed by atoms with Crippen molar-refractivity contribution in [3.8, 4) is 0 Å². The molecule has 0 aliphatic carbocycles. The van der Waals surface area contributed by atoms with Crippen LogP contribution in [0.4, 0.5) is 5.69 Å². The van der Waals surface area contributed by atoms with Gasteiger partial charge in [-0.3, -0.25) is 4.98 Å². The van der Waals surface area contributed by atoms with E-state index in [1.807, 2.05) is 32.0 Å². The Kier molecular flexibility index (Phi) is 3.28. The fourth-order valence-electron chi connectivity index (χ4n) is 1.72. The van der Waals surface area contributed by atoms with Gasteiger partial charge in [0, 0.05) is 31.9 Å². The number of rotatable bonds is 3. The maximum atomic E-state index is 11.9. The number of hydrogen-bond acceptors (Lipinski definition) is 5. The fourth-order valence-corrected chi connectivity index (χ4v) is 2.86. The summed E-state index contributed by atoms with van der Waals surface area (Å²) in [4.78, 5) is 18.5. The van der Waals surface area contributed by atoms with Crippen LogP contribution >= 0.6 is 11.3 Å². The van der Waals surface area contributed by atoms with Crippen molar-refractivity contribution in [3.05, 3.63) is 23.3 Å². The van der Waals surface area contributed by atoms with E-state index in [1.54, 1.807) is 12.4 Å². The SMILES string of the molecule is CCOC(=O)c1sc2cnccc2c1N(C)C. The molecule has 0 saturated heterocycles. The molecule has 0 aliphatic heterocycles. The lowest BCUT2D eigenvalue weighted by Crippen LogP contribution is -2.13. The van der Waals surface area contributed by atoms with E-state index in [-0.39, 0.29) is 5.97 Å². The van der Waals surface area contributed by atoms with Crippen molar-refractivity contribution < 1.29 is 9.53 Å². The molecule has 90 valence electrons. The summed E-state index contributed by atoms with van der Waals surface area (Å²) in [6.45, 7) is 2.19. The third-order valence-electron chi connectivity index (χ3n) is 2.37. The summed E-state index contributed by atoms with van der Waals surface area (Å²) in [6.07, 6.45) is 3.51. The minimum absolute atomic E-state index is 0.266. The summed E-state index contributed by atoms with van der Waals surface area (Å²) in [5.74, 6) is -0.266. The highest BCUT2D eigenvalue weighted by atomic mass is 32.1. The van der Waals surface area contributed by atoms with Gasteiger partial charge in [-0.1, -0.05) is 0 Å². The summed E-state index contributed by atoms with van der Waals surface area (Å²) in [7, 11) is 3.84. The fraction of sp³-hybridized carbons (Fsp3) is 0.333. The van der Waals surface area contributed by atoms with Gasteiger partial charge in [0.2, 0.25) is 0 Å². The van der Waals surface area contributed by atoms with Gasteiger partial charge in [0.1, 0.15) is 4.88 Å². The molecule has 0 N–H and O–H groups in total. The third kappa shape index (κ3) is 2.10. The minimum Gasteiger partial charge on any atom is -0.462 e. The van der Waals surface area contributed by atoms with Crippen LogP contribution in [0.1, 0.15) is 16.6 Å². The molecule has 0 spiro atoms. The van der Waals surface area contributed by atoms with Crippen LogP contribution in [0.15, 0.2) is 18.5 Å². The summed E-state index contributed by atoms with van der Waals surface area (Å²) in [5.41, 5.74) is 0.908. The molecule has 0 atom stereocenters. The van der Waals surface area contributed by atoms with Crippen LogP contribution in [-0.4, -0.2) is 31.7 Å². The Hall–Kier alpha value is -1.62. The van der Waals surface area contributed by atoms with Crippen molar-refractivity contribution in [2.24, 2.45) is 0 Å². The van der Waals surface area contributed by atoms with Gasteiger partial charge in [0.15, 0.2) is 0 Å². The number of esters is 1. The predicted molar refractivity (Wildman–Crippen MR) is 69.9 cm³/mol. The largest absolute Gasteiger partial charge is 0.462 e. The average molecular weight is 250 g/mol. The topological polar surface area (TPSA) is 42.4 Å². The molecule has 4 nitrogen and oxygen atoms in total. The van der Waals surface area contributed by atoms with E-state index in [4.69, 9.17) is 4.74 Å². The van der Waals surface area contributed by atoms with Gasteiger partial charge < -0.3 is 9.64 Å². The molecular weight excluding hydrogens is 236 g/mol. The third-order valence-corrected chi connectivity index (χ3v) is 3.48. The molecule has 2 aromatic rings. The molecule has 0 amide bonds. The maximum absolute atomic E-state index is 11.9. The minimum atomic E-state index is -0.266. The van der Waals surface area contributed by atoms with Crippen molar-refractivity contribution >= 4 is 33.1 Å². The number of aromatic nitrogens is 1. The molecule has 0 aromatic carbocycles. The Labute approximate surface area is 104 Å². The standard InChI is InChI=1S/C12H14N2O2S/c1-4-16-12(15)11-10(14(2)3)8-5-6-13-7-9(8)17-11/h5-7H,4H2,1-3H3. The highest BCUT2D eigenvalue weighted by Crippen LogP contribution is 2.37. The number of ether oxygens (including phenoxy) is 1. The molecule has 5 heteroatoms. The lowest BCUT2D eigenvalue weighted by Gasteiger charge is -2.13. The highest BCUT2D eigenvalue weighted by Gasteiger charge is 2.20. The number of hydrogen-bond donors (Lipinski definition) is 0. The normalized spacial score (nSPS) is 10.5. The van der Waals surface area contributed by atoms with Gasteiger partial charge in [-0.25, -0.2) is 4.79 Å². The van der Waals surface area contributed by atoms with E-state index in [9.17, 15) is 4.79 Å². The summed E-state index contributed by atoms with van der Waals surface area (Å²) >= 11 is 1.42. The highest BCUT2D eigenvalue weighted by molar-refractivity contribution is 7.21. The van der Waals surface area contributed by atoms with Gasteiger partial charge in [0.05, 0.1) is 17.0 Å². The van der Waals surface area contributed by atoms with E-state index >= 15 is 0 Å². The number of fused-ring (bicyclic) bond motifs is 1. The second kappa shape index (κ2) is 4.71. The van der Waals surface area contributed by atoms with Crippen molar-refractivity contribution in [1.29, 1.82) is 0 Å². The van der Waals surface area contributed by atoms with E-state index < -0.39 is 0 Å². The molecule has 2 heterocycles. The van der Waals surface area contributed by atoms with Crippen molar-refractivity contribution in [2.45, 2.75) is 6.92 Å². The van der Waals surface area contributed by atoms with Crippen molar-refractivity contribution in [3.63, 3.8) is 0 Å². The van der Waals surface area contributed by atoms with E-state index in [0.29, 0.717) is 11.5 Å². The van der Waals surface area contributed by atoms with E-state index in [1.165, 1.54) is 11.3 Å². The second-order valence-corrected chi connectivity index (χ2v) is 4.82. The lowest BCUT2D eigenvalue weighted by molar-refractivity contribution is 0.0533. The van der Waals surface area contributed by atoms with Crippen molar-refractivity contribution in [1.82, 2.24) is 4.98 Å². The quantitative estimate of drug-likeness (QED) is 0.785. The summed E-state index contributed by atoms with van der Waals surface area (Å²) in [5, 5.41) is 1.04. The number of carbonyl (C=O) groups is 1. The van der Waals surface area contributed by atoms with Gasteiger partial charge in [-0.05, 0) is 13.0 Å². The Morgan fingerprint density at radius 1 is 1.53 bits per heavy atom. The number of thiophene rings is 1. The Bertz CT molecular complexity index is 548. The first kappa shape index (κ1) is 11.9. The molecule has 2 rings (SSSR count). The first-order valence-corrected chi connectivity index (χ1v) is 6.17. The van der Waals surface area contributed by atoms with Crippen LogP contribution in [0.3, 0.4) is 0 Å². The van der Waals surface area contributed by atoms with Gasteiger partial charge in [-0.2, -0.15) is 0 Å². The van der Waals surface area contributed by atoms with Crippen LogP contribution in [0, 0.1) is 0 Å². The Morgan fingerprint density at radius 2 is 2.29 bits per heavy atom. The molecule has 0 unspecified atom stereocenters. The number of pyridine rings is 1. The monoisotopic (exact) mass is 250 g/mol. The summed E-state index contributed by atoms with van der Waals surface area (Å²) < 4.78 is 6.07. The predicted octanol–water partition coefficient (Wildman–Crippen LogP) is 2.54. The van der Waals surface area contributed by atoms with Crippen LogP contribution in [0.2, 0.25) is 0 Å². The van der Waals surface area contributed by atoms with Gasteiger partial charge in [-0.15, -0.1) is 11.3 Å². The number of anilines is 1. The summed E-state index contributed by atoms with van der Waals surface area (Å²) in [6, 6.07) is 1.92. The maximum Gasteiger partial charge on any atom is 0.350 e. The molecule has 2 aromatic heterocycles. The van der Waals surface area contributed by atoms with Crippen LogP contribution in [-0.2, 0) is 4.74 Å². The first-order chi connectivity index (χ1) is 8.15. The second-order valence-electron chi connectivity index (χ2n) is 3.77. The number of carbonyl (C=O) groups excluding carboxylic acids is 1. The molecule has 0 radical (unpaired) electrons. The Morgan fingerprint density at radius 3 is 2.94 bits per heavy atom. The van der Waals surface area contributed by atoms with Crippen LogP contribution in [0.25, 0.3) is 10.1 Å². The zero-order chi connectivity index (χ0) is 12.4. The van der Waals surface area contributed by atoms with E-state index in [2.05, 4.69) is 4.98 Å². The Balaban J connectivity index is 2.61. The van der Waals surface area contributed by atoms with Crippen molar-refractivity contribution in [2.75, 3.05) is 25.6 Å². The molecular formula is C12H14N2O2S. The van der Waals surface area contributed by atoms with Crippen LogP contribution in [0.5, 0.6) is 0 Å². The van der Waals surface area contributed by atoms with E-state index in [0.717, 1.165) is 15.8 Å². The van der Waals surface area contributed by atoms with Gasteiger partial charge in [0.25, 0.3) is 0 Å². The molecule has 17 heavy (non-hydrogen) atoms. The smallest absolute Gasteiger partial charge is 0.350 e. The first-order valence-electron chi connectivity index (χ1n) is 5.36.